The zero-order valence-electron chi connectivity index (χ0n) is 23.9. The molecule has 2 aromatic heterocycles. The average Bonchev–Trinajstić information content (AvgIpc) is 3.43. The molecule has 198 valence electrons. The molecule has 0 saturated carbocycles. The zero-order chi connectivity index (χ0) is 26.2. The fourth-order valence-corrected chi connectivity index (χ4v) is 3.86. The summed E-state index contributed by atoms with van der Waals surface area (Å²) in [7, 11) is 0. The maximum absolute atomic E-state index is 4.34. The number of rotatable bonds is 3. The van der Waals surface area contributed by atoms with Crippen molar-refractivity contribution < 1.29 is 0 Å². The van der Waals surface area contributed by atoms with Crippen molar-refractivity contribution in [3.05, 3.63) is 70.0 Å². The Kier molecular flexibility index (Phi) is 13.2. The van der Waals surface area contributed by atoms with Crippen LogP contribution in [0.4, 0.5) is 0 Å². The number of nitrogens with zero attached hydrogens (tertiary/aromatic N) is 3. The second kappa shape index (κ2) is 14.0. The molecule has 0 N–H and O–H groups in total. The highest BCUT2D eigenvalue weighted by molar-refractivity contribution is 7.06. The summed E-state index contributed by atoms with van der Waals surface area (Å²) in [5, 5.41) is 4.22. The van der Waals surface area contributed by atoms with Crippen molar-refractivity contribution in [1.82, 2.24) is 14.2 Å². The Morgan fingerprint density at radius 2 is 1.29 bits per heavy atom. The predicted octanol–water partition coefficient (Wildman–Crippen LogP) is 9.39. The topological polar surface area (TPSA) is 30.7 Å². The fraction of sp³-hybridized carbons (Fsp3) is 0.613. The highest BCUT2D eigenvalue weighted by Crippen LogP contribution is 2.26. The maximum Gasteiger partial charge on any atom is 0.0542 e. The third-order valence-electron chi connectivity index (χ3n) is 5.71. The van der Waals surface area contributed by atoms with Crippen molar-refractivity contribution in [2.24, 2.45) is 0 Å². The molecule has 0 spiro atoms. The largest absolute Gasteiger partial charge is 0.273 e. The lowest BCUT2D eigenvalue weighted by Gasteiger charge is -2.18. The van der Waals surface area contributed by atoms with Gasteiger partial charge in [0.05, 0.1) is 11.9 Å². The Balaban J connectivity index is 0.000000489. The van der Waals surface area contributed by atoms with Gasteiger partial charge in [-0.1, -0.05) is 108 Å². The predicted molar refractivity (Wildman–Crippen MR) is 158 cm³/mol. The van der Waals surface area contributed by atoms with Gasteiger partial charge in [-0.05, 0) is 70.3 Å². The van der Waals surface area contributed by atoms with Gasteiger partial charge >= 0.3 is 0 Å². The van der Waals surface area contributed by atoms with Gasteiger partial charge in [0.1, 0.15) is 0 Å². The van der Waals surface area contributed by atoms with Crippen molar-refractivity contribution >= 4 is 11.5 Å². The van der Waals surface area contributed by atoms with E-state index in [1.165, 1.54) is 27.3 Å². The molecule has 0 bridgehead atoms. The molecule has 0 atom stereocenters. The van der Waals surface area contributed by atoms with E-state index in [9.17, 15) is 0 Å². The van der Waals surface area contributed by atoms with E-state index in [1.54, 1.807) is 11.5 Å². The van der Waals surface area contributed by atoms with Crippen LogP contribution in [0.15, 0.2) is 42.7 Å². The number of benzene rings is 1. The van der Waals surface area contributed by atoms with Crippen LogP contribution in [-0.4, -0.2) is 14.2 Å². The van der Waals surface area contributed by atoms with Crippen molar-refractivity contribution in [2.75, 3.05) is 0 Å². The second-order valence-corrected chi connectivity index (χ2v) is 12.7. The Morgan fingerprint density at radius 1 is 0.743 bits per heavy atom. The quantitative estimate of drug-likeness (QED) is 0.359. The van der Waals surface area contributed by atoms with Crippen LogP contribution in [0, 0.1) is 0 Å². The first-order valence-electron chi connectivity index (χ1n) is 12.7. The molecule has 0 saturated heterocycles. The zero-order valence-corrected chi connectivity index (χ0v) is 24.7. The molecule has 0 aliphatic rings. The van der Waals surface area contributed by atoms with Gasteiger partial charge in [0, 0.05) is 17.6 Å². The summed E-state index contributed by atoms with van der Waals surface area (Å²) in [4.78, 5) is 1.38. The molecule has 3 nitrogen and oxygen atoms in total. The molecule has 1 aromatic carbocycles. The van der Waals surface area contributed by atoms with Gasteiger partial charge in [0.15, 0.2) is 0 Å². The maximum atomic E-state index is 4.34. The van der Waals surface area contributed by atoms with E-state index in [-0.39, 0.29) is 23.7 Å². The SMILES string of the molecule is C.CCc1cc(C(C)(C)C)sn1.CCc1ccc(C(C)(C)C)cc1.CCn1cc(C(C)(C)C)cn1. The minimum atomic E-state index is 0. The van der Waals surface area contributed by atoms with E-state index >= 15 is 0 Å². The standard InChI is InChI=1S/C12H18.C9H16N2.C9H15NS.CH4/c1-5-10-6-8-11(9-7-10)12(2,3)4;1-5-11-7-8(6-10-11)9(2,3)4;1-5-7-6-8(11-10-7)9(2,3)4;/h6-9H,5H2,1-4H3;6-7H,5H2,1-4H3;6H,5H2,1-4H3;1H4. The molecule has 0 amide bonds. The summed E-state index contributed by atoms with van der Waals surface area (Å²) < 4.78 is 6.30. The van der Waals surface area contributed by atoms with Gasteiger partial charge in [-0.25, -0.2) is 0 Å². The first-order valence-corrected chi connectivity index (χ1v) is 13.5. The fourth-order valence-electron chi connectivity index (χ4n) is 3.00. The van der Waals surface area contributed by atoms with E-state index in [0.717, 1.165) is 19.4 Å². The number of hydrogen-bond acceptors (Lipinski definition) is 3. The highest BCUT2D eigenvalue weighted by Gasteiger charge is 2.16. The summed E-state index contributed by atoms with van der Waals surface area (Å²) in [6, 6.07) is 11.1. The Hall–Kier alpha value is -1.94. The van der Waals surface area contributed by atoms with Crippen LogP contribution in [0.3, 0.4) is 0 Å². The molecule has 3 aromatic rings. The number of aromatic nitrogens is 3. The molecule has 35 heavy (non-hydrogen) atoms. The normalized spacial score (nSPS) is 11.5. The van der Waals surface area contributed by atoms with E-state index < -0.39 is 0 Å². The van der Waals surface area contributed by atoms with E-state index in [4.69, 9.17) is 0 Å². The molecule has 0 radical (unpaired) electrons. The van der Waals surface area contributed by atoms with E-state index in [1.807, 2.05) is 10.9 Å². The van der Waals surface area contributed by atoms with Crippen LogP contribution in [0.2, 0.25) is 0 Å². The van der Waals surface area contributed by atoms with Crippen molar-refractivity contribution in [3.63, 3.8) is 0 Å². The number of hydrogen-bond donors (Lipinski definition) is 0. The lowest BCUT2D eigenvalue weighted by Crippen LogP contribution is -2.10. The summed E-state index contributed by atoms with van der Waals surface area (Å²) in [5.74, 6) is 0. The minimum absolute atomic E-state index is 0. The third kappa shape index (κ3) is 11.6. The third-order valence-corrected chi connectivity index (χ3v) is 6.96. The monoisotopic (exact) mass is 499 g/mol. The first kappa shape index (κ1) is 33.1. The molecule has 3 rings (SSSR count). The molecule has 0 aliphatic heterocycles. The van der Waals surface area contributed by atoms with Gasteiger partial charge in [0.2, 0.25) is 0 Å². The number of aryl methyl sites for hydroxylation is 3. The highest BCUT2D eigenvalue weighted by atomic mass is 32.1. The molecular formula is C31H53N3S. The van der Waals surface area contributed by atoms with Crippen LogP contribution in [-0.2, 0) is 35.6 Å². The van der Waals surface area contributed by atoms with Crippen molar-refractivity contribution in [1.29, 1.82) is 0 Å². The second-order valence-electron chi connectivity index (χ2n) is 11.9. The van der Waals surface area contributed by atoms with E-state index in [0.29, 0.717) is 0 Å². The van der Waals surface area contributed by atoms with Gasteiger partial charge < -0.3 is 0 Å². The van der Waals surface area contributed by atoms with Crippen LogP contribution in [0.25, 0.3) is 0 Å². The van der Waals surface area contributed by atoms with Crippen molar-refractivity contribution in [2.45, 2.75) is 126 Å². The van der Waals surface area contributed by atoms with Crippen molar-refractivity contribution in [3.8, 4) is 0 Å². The van der Waals surface area contributed by atoms with Gasteiger partial charge in [-0.15, -0.1) is 0 Å². The molecule has 0 aliphatic carbocycles. The van der Waals surface area contributed by atoms with Gasteiger partial charge in [-0.2, -0.15) is 9.47 Å². The average molecular weight is 500 g/mol. The molecule has 0 unspecified atom stereocenters. The Morgan fingerprint density at radius 3 is 1.57 bits per heavy atom. The van der Waals surface area contributed by atoms with Crippen LogP contribution in [0.5, 0.6) is 0 Å². The Labute approximate surface area is 221 Å². The van der Waals surface area contributed by atoms with Gasteiger partial charge in [-0.3, -0.25) is 4.68 Å². The minimum Gasteiger partial charge on any atom is -0.273 e. The summed E-state index contributed by atoms with van der Waals surface area (Å²) in [6.45, 7) is 27.4. The summed E-state index contributed by atoms with van der Waals surface area (Å²) in [6.07, 6.45) is 6.24. The molecule has 0 fully saturated rings. The summed E-state index contributed by atoms with van der Waals surface area (Å²) >= 11 is 1.63. The van der Waals surface area contributed by atoms with Gasteiger partial charge in [0.25, 0.3) is 0 Å². The molecule has 2 heterocycles. The van der Waals surface area contributed by atoms with Crippen LogP contribution in [0.1, 0.15) is 118 Å². The molecule has 4 heteroatoms. The van der Waals surface area contributed by atoms with Crippen LogP contribution >= 0.6 is 11.5 Å². The van der Waals surface area contributed by atoms with E-state index in [2.05, 4.69) is 129 Å². The smallest absolute Gasteiger partial charge is 0.0542 e. The molecular weight excluding hydrogens is 446 g/mol. The Bertz CT molecular complexity index is 906. The lowest BCUT2D eigenvalue weighted by atomic mass is 9.86. The lowest BCUT2D eigenvalue weighted by molar-refractivity contribution is 0.586. The summed E-state index contributed by atoms with van der Waals surface area (Å²) in [5.41, 5.74) is 6.15. The van der Waals surface area contributed by atoms with Crippen LogP contribution < -0.4 is 0 Å². The first-order chi connectivity index (χ1) is 15.6.